The molecule has 0 aliphatic rings. The Balaban J connectivity index is 1.72. The van der Waals surface area contributed by atoms with Gasteiger partial charge >= 0.3 is 0 Å². The van der Waals surface area contributed by atoms with Crippen molar-refractivity contribution >= 4 is 5.91 Å². The van der Waals surface area contributed by atoms with E-state index in [4.69, 9.17) is 4.74 Å². The van der Waals surface area contributed by atoms with E-state index in [9.17, 15) is 4.79 Å². The van der Waals surface area contributed by atoms with E-state index in [0.717, 1.165) is 16.9 Å². The average molecular weight is 284 g/mol. The molecule has 21 heavy (non-hydrogen) atoms. The SMILES string of the molecule is Cc1ccc(OCCC(=O)NCc2cccnc2)c(C)c1. The first-order valence-corrected chi connectivity index (χ1v) is 7.01. The third-order valence-corrected chi connectivity index (χ3v) is 3.13. The second-order valence-corrected chi connectivity index (χ2v) is 5.01. The molecule has 0 atom stereocenters. The molecule has 2 aromatic rings. The number of rotatable bonds is 6. The first-order valence-electron chi connectivity index (χ1n) is 7.01. The molecule has 0 saturated carbocycles. The van der Waals surface area contributed by atoms with Crippen molar-refractivity contribution in [3.05, 3.63) is 59.4 Å². The van der Waals surface area contributed by atoms with Gasteiger partial charge in [-0.05, 0) is 37.1 Å². The van der Waals surface area contributed by atoms with E-state index in [0.29, 0.717) is 19.6 Å². The molecule has 4 heteroatoms. The van der Waals surface area contributed by atoms with Gasteiger partial charge in [-0.25, -0.2) is 0 Å². The molecule has 0 fully saturated rings. The van der Waals surface area contributed by atoms with Crippen LogP contribution < -0.4 is 10.1 Å². The summed E-state index contributed by atoms with van der Waals surface area (Å²) in [6, 6.07) is 9.80. The summed E-state index contributed by atoms with van der Waals surface area (Å²) in [6.45, 7) is 4.92. The molecule has 0 aliphatic heterocycles. The number of amides is 1. The molecular formula is C17H20N2O2. The van der Waals surface area contributed by atoms with E-state index in [1.807, 2.05) is 38.1 Å². The zero-order chi connectivity index (χ0) is 15.1. The van der Waals surface area contributed by atoms with Gasteiger partial charge < -0.3 is 10.1 Å². The van der Waals surface area contributed by atoms with Gasteiger partial charge in [0.2, 0.25) is 5.91 Å². The van der Waals surface area contributed by atoms with E-state index in [1.54, 1.807) is 12.4 Å². The summed E-state index contributed by atoms with van der Waals surface area (Å²) in [4.78, 5) is 15.7. The van der Waals surface area contributed by atoms with Crippen LogP contribution in [-0.4, -0.2) is 17.5 Å². The lowest BCUT2D eigenvalue weighted by Crippen LogP contribution is -2.24. The number of carbonyl (C=O) groups is 1. The smallest absolute Gasteiger partial charge is 0.223 e. The second kappa shape index (κ2) is 7.43. The summed E-state index contributed by atoms with van der Waals surface area (Å²) in [5.41, 5.74) is 3.28. The van der Waals surface area contributed by atoms with Gasteiger partial charge in [0.05, 0.1) is 13.0 Å². The lowest BCUT2D eigenvalue weighted by Gasteiger charge is -2.10. The Morgan fingerprint density at radius 3 is 2.86 bits per heavy atom. The van der Waals surface area contributed by atoms with E-state index in [2.05, 4.69) is 16.4 Å². The van der Waals surface area contributed by atoms with Crippen LogP contribution in [0.15, 0.2) is 42.7 Å². The number of aryl methyl sites for hydroxylation is 2. The summed E-state index contributed by atoms with van der Waals surface area (Å²) in [5.74, 6) is 0.810. The third kappa shape index (κ3) is 4.91. The number of ether oxygens (including phenoxy) is 1. The van der Waals surface area contributed by atoms with Crippen LogP contribution in [0.25, 0.3) is 0 Å². The van der Waals surface area contributed by atoms with Gasteiger partial charge in [-0.15, -0.1) is 0 Å². The Bertz CT molecular complexity index is 597. The van der Waals surface area contributed by atoms with Gasteiger partial charge in [-0.2, -0.15) is 0 Å². The number of hydrogen-bond donors (Lipinski definition) is 1. The fourth-order valence-electron chi connectivity index (χ4n) is 2.01. The highest BCUT2D eigenvalue weighted by Crippen LogP contribution is 2.18. The van der Waals surface area contributed by atoms with Crippen LogP contribution in [0.4, 0.5) is 0 Å². The van der Waals surface area contributed by atoms with E-state index < -0.39 is 0 Å². The molecule has 0 saturated heterocycles. The van der Waals surface area contributed by atoms with Crippen molar-refractivity contribution in [3.63, 3.8) is 0 Å². The molecule has 0 aliphatic carbocycles. The maximum Gasteiger partial charge on any atom is 0.223 e. The fourth-order valence-corrected chi connectivity index (χ4v) is 2.01. The number of hydrogen-bond acceptors (Lipinski definition) is 3. The van der Waals surface area contributed by atoms with Gasteiger partial charge in [0.25, 0.3) is 0 Å². The zero-order valence-corrected chi connectivity index (χ0v) is 12.4. The van der Waals surface area contributed by atoms with Crippen molar-refractivity contribution in [1.82, 2.24) is 10.3 Å². The van der Waals surface area contributed by atoms with Crippen molar-refractivity contribution in [1.29, 1.82) is 0 Å². The summed E-state index contributed by atoms with van der Waals surface area (Å²) in [5, 5.41) is 2.85. The fraction of sp³-hybridized carbons (Fsp3) is 0.294. The molecule has 110 valence electrons. The molecule has 2 rings (SSSR count). The Morgan fingerprint density at radius 2 is 2.14 bits per heavy atom. The minimum Gasteiger partial charge on any atom is -0.493 e. The van der Waals surface area contributed by atoms with Gasteiger partial charge in [0.1, 0.15) is 5.75 Å². The monoisotopic (exact) mass is 284 g/mol. The molecule has 1 heterocycles. The second-order valence-electron chi connectivity index (χ2n) is 5.01. The van der Waals surface area contributed by atoms with Crippen LogP contribution >= 0.6 is 0 Å². The normalized spacial score (nSPS) is 10.2. The predicted molar refractivity (Wildman–Crippen MR) is 82.1 cm³/mol. The third-order valence-electron chi connectivity index (χ3n) is 3.13. The minimum atomic E-state index is -0.0244. The lowest BCUT2D eigenvalue weighted by molar-refractivity contribution is -0.121. The average Bonchev–Trinajstić information content (AvgIpc) is 2.48. The number of aromatic nitrogens is 1. The summed E-state index contributed by atoms with van der Waals surface area (Å²) in [7, 11) is 0. The molecule has 0 bridgehead atoms. The molecule has 1 aromatic heterocycles. The Morgan fingerprint density at radius 1 is 1.29 bits per heavy atom. The zero-order valence-electron chi connectivity index (χ0n) is 12.4. The largest absolute Gasteiger partial charge is 0.493 e. The van der Waals surface area contributed by atoms with Crippen LogP contribution in [0.2, 0.25) is 0 Å². The number of nitrogens with one attached hydrogen (secondary N) is 1. The van der Waals surface area contributed by atoms with Gasteiger partial charge in [0.15, 0.2) is 0 Å². The predicted octanol–water partition coefficient (Wildman–Crippen LogP) is 2.78. The minimum absolute atomic E-state index is 0.0244. The molecule has 4 nitrogen and oxygen atoms in total. The van der Waals surface area contributed by atoms with Crippen molar-refractivity contribution < 1.29 is 9.53 Å². The highest BCUT2D eigenvalue weighted by atomic mass is 16.5. The van der Waals surface area contributed by atoms with Gasteiger partial charge in [-0.1, -0.05) is 23.8 Å². The Hall–Kier alpha value is -2.36. The Labute approximate surface area is 125 Å². The van der Waals surface area contributed by atoms with Crippen LogP contribution in [0.3, 0.4) is 0 Å². The summed E-state index contributed by atoms with van der Waals surface area (Å²) < 4.78 is 5.64. The topological polar surface area (TPSA) is 51.2 Å². The maximum absolute atomic E-state index is 11.7. The van der Waals surface area contributed by atoms with Crippen molar-refractivity contribution in [2.24, 2.45) is 0 Å². The van der Waals surface area contributed by atoms with Gasteiger partial charge in [-0.3, -0.25) is 9.78 Å². The molecule has 0 unspecified atom stereocenters. The number of pyridine rings is 1. The van der Waals surface area contributed by atoms with Crippen molar-refractivity contribution in [3.8, 4) is 5.75 Å². The van der Waals surface area contributed by atoms with Crippen molar-refractivity contribution in [2.45, 2.75) is 26.8 Å². The molecular weight excluding hydrogens is 264 g/mol. The molecule has 1 N–H and O–H groups in total. The van der Waals surface area contributed by atoms with Crippen LogP contribution in [-0.2, 0) is 11.3 Å². The molecule has 0 spiro atoms. The standard InChI is InChI=1S/C17H20N2O2/c1-13-5-6-16(14(2)10-13)21-9-7-17(20)19-12-15-4-3-8-18-11-15/h3-6,8,10-11H,7,9,12H2,1-2H3,(H,19,20). The molecule has 1 aromatic carbocycles. The number of carbonyl (C=O) groups excluding carboxylic acids is 1. The lowest BCUT2D eigenvalue weighted by atomic mass is 10.1. The van der Waals surface area contributed by atoms with E-state index in [1.165, 1.54) is 5.56 Å². The highest BCUT2D eigenvalue weighted by molar-refractivity contribution is 5.75. The molecule has 1 amide bonds. The highest BCUT2D eigenvalue weighted by Gasteiger charge is 2.04. The summed E-state index contributed by atoms with van der Waals surface area (Å²) >= 11 is 0. The van der Waals surface area contributed by atoms with Gasteiger partial charge in [0, 0.05) is 18.9 Å². The quantitative estimate of drug-likeness (QED) is 0.887. The number of benzene rings is 1. The first kappa shape index (κ1) is 15.0. The Kier molecular flexibility index (Phi) is 5.32. The maximum atomic E-state index is 11.7. The van der Waals surface area contributed by atoms with Crippen LogP contribution in [0.1, 0.15) is 23.1 Å². The number of nitrogens with zero attached hydrogens (tertiary/aromatic N) is 1. The van der Waals surface area contributed by atoms with E-state index in [-0.39, 0.29) is 5.91 Å². The summed E-state index contributed by atoms with van der Waals surface area (Å²) in [6.07, 6.45) is 3.79. The van der Waals surface area contributed by atoms with Crippen LogP contribution in [0, 0.1) is 13.8 Å². The molecule has 0 radical (unpaired) electrons. The van der Waals surface area contributed by atoms with Crippen LogP contribution in [0.5, 0.6) is 5.75 Å². The first-order chi connectivity index (χ1) is 10.1. The van der Waals surface area contributed by atoms with E-state index >= 15 is 0 Å². The van der Waals surface area contributed by atoms with Crippen molar-refractivity contribution in [2.75, 3.05) is 6.61 Å².